The molecule has 1 aliphatic rings. The van der Waals surface area contributed by atoms with Crippen LogP contribution in [0.4, 0.5) is 0 Å². The number of hydrogen-bond donors (Lipinski definition) is 1. The maximum Gasteiger partial charge on any atom is 0.112 e. The Morgan fingerprint density at radius 3 is 2.67 bits per heavy atom. The number of rotatable bonds is 1. The van der Waals surface area contributed by atoms with Crippen molar-refractivity contribution >= 4 is 10.9 Å². The summed E-state index contributed by atoms with van der Waals surface area (Å²) < 4.78 is 10.6. The molecule has 0 amide bonds. The van der Waals surface area contributed by atoms with Crippen LogP contribution in [0.15, 0.2) is 21.6 Å². The topological polar surface area (TPSA) is 22.4 Å². The van der Waals surface area contributed by atoms with Crippen LogP contribution < -0.4 is 0 Å². The second kappa shape index (κ2) is 3.54. The summed E-state index contributed by atoms with van der Waals surface area (Å²) in [5.41, 5.74) is 0. The third-order valence-corrected chi connectivity index (χ3v) is 4.77. The lowest BCUT2D eigenvalue weighted by atomic mass is 10.5. The number of furan rings is 1. The molecular formula is C9H14O2S. The monoisotopic (exact) mass is 186 g/mol. The summed E-state index contributed by atoms with van der Waals surface area (Å²) in [6, 6.07) is 2.12. The Morgan fingerprint density at radius 2 is 2.08 bits per heavy atom. The fourth-order valence-corrected chi connectivity index (χ4v) is 3.68. The molecular weight excluding hydrogens is 172 g/mol. The highest BCUT2D eigenvalue weighted by atomic mass is 32.2. The van der Waals surface area contributed by atoms with Gasteiger partial charge < -0.3 is 9.15 Å². The van der Waals surface area contributed by atoms with Crippen LogP contribution in [0, 0.1) is 6.92 Å². The number of aryl methyl sites for hydroxylation is 1. The zero-order valence-electron chi connectivity index (χ0n) is 7.25. The largest absolute Gasteiger partial charge is 0.469 e. The van der Waals surface area contributed by atoms with E-state index in [1.54, 1.807) is 6.26 Å². The number of ether oxygens (including phenoxy) is 1. The molecule has 2 heterocycles. The van der Waals surface area contributed by atoms with E-state index >= 15 is 0 Å². The molecule has 12 heavy (non-hydrogen) atoms. The van der Waals surface area contributed by atoms with Crippen molar-refractivity contribution in [1.29, 1.82) is 0 Å². The lowest BCUT2D eigenvalue weighted by Crippen LogP contribution is -2.14. The molecule has 2 nitrogen and oxygen atoms in total. The van der Waals surface area contributed by atoms with E-state index in [-0.39, 0.29) is 10.9 Å². The minimum atomic E-state index is 0.0306. The van der Waals surface area contributed by atoms with Crippen LogP contribution >= 0.6 is 10.9 Å². The van der Waals surface area contributed by atoms with Gasteiger partial charge in [-0.1, -0.05) is 0 Å². The van der Waals surface area contributed by atoms with Gasteiger partial charge in [0.15, 0.2) is 0 Å². The fraction of sp³-hybridized carbons (Fsp3) is 0.556. The Morgan fingerprint density at radius 1 is 1.33 bits per heavy atom. The fourth-order valence-electron chi connectivity index (χ4n) is 1.51. The Bertz CT molecular complexity index is 251. The van der Waals surface area contributed by atoms with Gasteiger partial charge in [-0.05, 0) is 13.0 Å². The molecule has 0 aromatic carbocycles. The molecule has 0 spiro atoms. The van der Waals surface area contributed by atoms with Gasteiger partial charge in [0.1, 0.15) is 5.76 Å². The van der Waals surface area contributed by atoms with Gasteiger partial charge in [0.05, 0.1) is 19.5 Å². The zero-order valence-corrected chi connectivity index (χ0v) is 8.14. The third kappa shape index (κ3) is 1.52. The molecule has 2 rings (SSSR count). The summed E-state index contributed by atoms with van der Waals surface area (Å²) in [5, 5.41) is 0. The predicted molar refractivity (Wildman–Crippen MR) is 51.3 cm³/mol. The molecule has 0 aliphatic carbocycles. The molecule has 3 heteroatoms. The second-order valence-corrected chi connectivity index (χ2v) is 5.42. The van der Waals surface area contributed by atoms with E-state index in [2.05, 4.69) is 6.07 Å². The average Bonchev–Trinajstić information content (AvgIpc) is 2.53. The van der Waals surface area contributed by atoms with Crippen molar-refractivity contribution in [2.45, 2.75) is 11.8 Å². The van der Waals surface area contributed by atoms with Crippen molar-refractivity contribution < 1.29 is 9.15 Å². The Kier molecular flexibility index (Phi) is 2.42. The van der Waals surface area contributed by atoms with Crippen LogP contribution in [0.1, 0.15) is 5.76 Å². The number of hydrogen-bond acceptors (Lipinski definition) is 2. The van der Waals surface area contributed by atoms with Gasteiger partial charge in [-0.2, -0.15) is 0 Å². The van der Waals surface area contributed by atoms with Crippen LogP contribution in [0.5, 0.6) is 0 Å². The van der Waals surface area contributed by atoms with E-state index in [0.717, 1.165) is 19.0 Å². The minimum absolute atomic E-state index is 0.0306. The highest BCUT2D eigenvalue weighted by Gasteiger charge is 2.14. The van der Waals surface area contributed by atoms with Crippen molar-refractivity contribution in [3.05, 3.63) is 18.1 Å². The van der Waals surface area contributed by atoms with E-state index in [1.165, 1.54) is 16.4 Å². The first-order valence-corrected chi connectivity index (χ1v) is 5.96. The Balaban J connectivity index is 2.13. The molecule has 0 bridgehead atoms. The van der Waals surface area contributed by atoms with Gasteiger partial charge in [-0.3, -0.25) is 0 Å². The summed E-state index contributed by atoms with van der Waals surface area (Å²) in [6.45, 7) is 3.90. The van der Waals surface area contributed by atoms with Gasteiger partial charge in [0.2, 0.25) is 0 Å². The predicted octanol–water partition coefficient (Wildman–Crippen LogP) is 1.98. The summed E-state index contributed by atoms with van der Waals surface area (Å²) in [7, 11) is 0.0306. The van der Waals surface area contributed by atoms with Crippen molar-refractivity contribution in [1.82, 2.24) is 0 Å². The number of thiol groups is 1. The molecule has 0 saturated carbocycles. The molecule has 0 N–H and O–H groups in total. The molecule has 68 valence electrons. The normalized spacial score (nSPS) is 21.2. The van der Waals surface area contributed by atoms with Gasteiger partial charge in [0, 0.05) is 16.4 Å². The van der Waals surface area contributed by atoms with Crippen LogP contribution in [0.25, 0.3) is 0 Å². The SMILES string of the molecule is Cc1occc1[SH]1CCOCC1. The molecule has 0 radical (unpaired) electrons. The maximum absolute atomic E-state index is 5.32. The Hall–Kier alpha value is -0.410. The summed E-state index contributed by atoms with van der Waals surface area (Å²) in [4.78, 5) is 1.44. The van der Waals surface area contributed by atoms with Crippen LogP contribution in [0.2, 0.25) is 0 Å². The molecule has 1 saturated heterocycles. The van der Waals surface area contributed by atoms with Crippen LogP contribution in [-0.4, -0.2) is 24.7 Å². The molecule has 0 unspecified atom stereocenters. The van der Waals surface area contributed by atoms with Gasteiger partial charge >= 0.3 is 0 Å². The molecule has 1 aromatic rings. The van der Waals surface area contributed by atoms with Crippen LogP contribution in [0.3, 0.4) is 0 Å². The maximum atomic E-state index is 5.32. The van der Waals surface area contributed by atoms with Crippen molar-refractivity contribution in [3.63, 3.8) is 0 Å². The molecule has 1 aliphatic heterocycles. The molecule has 1 fully saturated rings. The quantitative estimate of drug-likeness (QED) is 0.677. The summed E-state index contributed by atoms with van der Waals surface area (Å²) in [6.07, 6.45) is 1.79. The second-order valence-electron chi connectivity index (χ2n) is 2.96. The van der Waals surface area contributed by atoms with Gasteiger partial charge in [-0.15, -0.1) is 0 Å². The minimum Gasteiger partial charge on any atom is -0.469 e. The Labute approximate surface area is 75.2 Å². The average molecular weight is 186 g/mol. The summed E-state index contributed by atoms with van der Waals surface area (Å²) in [5.74, 6) is 3.51. The van der Waals surface area contributed by atoms with Gasteiger partial charge in [-0.25, -0.2) is 10.9 Å². The first kappa shape index (κ1) is 8.20. The smallest absolute Gasteiger partial charge is 0.112 e. The van der Waals surface area contributed by atoms with E-state index in [0.29, 0.717) is 0 Å². The van der Waals surface area contributed by atoms with Gasteiger partial charge in [0.25, 0.3) is 0 Å². The van der Waals surface area contributed by atoms with Crippen molar-refractivity contribution in [2.75, 3.05) is 24.7 Å². The highest BCUT2D eigenvalue weighted by molar-refractivity contribution is 8.17. The standard InChI is InChI=1S/C9H14O2S/c1-8-9(2-3-11-8)12-6-4-10-5-7-12/h2-3,12H,4-7H2,1H3. The van der Waals surface area contributed by atoms with E-state index in [1.807, 2.05) is 6.92 Å². The lowest BCUT2D eigenvalue weighted by Gasteiger charge is -2.25. The van der Waals surface area contributed by atoms with E-state index in [4.69, 9.17) is 9.15 Å². The third-order valence-electron chi connectivity index (χ3n) is 2.18. The molecule has 0 atom stereocenters. The molecule has 1 aromatic heterocycles. The lowest BCUT2D eigenvalue weighted by molar-refractivity contribution is 0.160. The van der Waals surface area contributed by atoms with E-state index < -0.39 is 0 Å². The summed E-state index contributed by atoms with van der Waals surface area (Å²) >= 11 is 0. The van der Waals surface area contributed by atoms with Crippen molar-refractivity contribution in [2.24, 2.45) is 0 Å². The first-order chi connectivity index (χ1) is 5.88. The first-order valence-electron chi connectivity index (χ1n) is 4.25. The van der Waals surface area contributed by atoms with Crippen LogP contribution in [-0.2, 0) is 4.74 Å². The van der Waals surface area contributed by atoms with E-state index in [9.17, 15) is 0 Å². The van der Waals surface area contributed by atoms with Crippen molar-refractivity contribution in [3.8, 4) is 0 Å². The highest BCUT2D eigenvalue weighted by Crippen LogP contribution is 2.39. The zero-order chi connectivity index (χ0) is 8.39.